The van der Waals surface area contributed by atoms with E-state index in [2.05, 4.69) is 5.10 Å². The molecule has 7 nitrogen and oxygen atoms in total. The molecule has 8 heteroatoms. The number of rotatable bonds is 3. The maximum absolute atomic E-state index is 13.9. The first-order chi connectivity index (χ1) is 17.0. The molecule has 0 atom stereocenters. The minimum absolute atomic E-state index is 0.216. The summed E-state index contributed by atoms with van der Waals surface area (Å²) in [4.78, 5) is 28.3. The summed E-state index contributed by atoms with van der Waals surface area (Å²) in [6, 6.07) is 22.7. The Bertz CT molecular complexity index is 1830. The van der Waals surface area contributed by atoms with Gasteiger partial charge in [0.2, 0.25) is 0 Å². The van der Waals surface area contributed by atoms with Crippen LogP contribution in [0.2, 0.25) is 5.02 Å². The van der Waals surface area contributed by atoms with Gasteiger partial charge in [0.25, 0.3) is 5.56 Å². The number of aromatic nitrogens is 5. The molecule has 170 valence electrons. The molecule has 0 spiro atoms. The van der Waals surface area contributed by atoms with Crippen LogP contribution in [0.5, 0.6) is 0 Å². The van der Waals surface area contributed by atoms with Gasteiger partial charge in [0.05, 0.1) is 22.9 Å². The van der Waals surface area contributed by atoms with Gasteiger partial charge in [-0.2, -0.15) is 9.78 Å². The molecule has 0 unspecified atom stereocenters. The van der Waals surface area contributed by atoms with Crippen LogP contribution < -0.4 is 5.56 Å². The largest absolute Gasteiger partial charge is 0.269 e. The third kappa shape index (κ3) is 3.57. The molecule has 35 heavy (non-hydrogen) atoms. The number of para-hydroxylation sites is 2. The maximum Gasteiger partial charge on any atom is 0.269 e. The number of hydrogen-bond acceptors (Lipinski definition) is 5. The smallest absolute Gasteiger partial charge is 0.268 e. The predicted molar refractivity (Wildman–Crippen MR) is 140 cm³/mol. The van der Waals surface area contributed by atoms with Gasteiger partial charge in [-0.1, -0.05) is 53.6 Å². The topological polar surface area (TPSA) is 78.0 Å². The highest BCUT2D eigenvalue weighted by Gasteiger charge is 2.21. The highest BCUT2D eigenvalue weighted by molar-refractivity contribution is 6.30. The third-order valence-electron chi connectivity index (χ3n) is 5.91. The zero-order chi connectivity index (χ0) is 24.1. The van der Waals surface area contributed by atoms with Crippen molar-refractivity contribution < 1.29 is 0 Å². The predicted octanol–water partition coefficient (Wildman–Crippen LogP) is 5.44. The Balaban J connectivity index is 1.69. The Morgan fingerprint density at radius 1 is 0.829 bits per heavy atom. The van der Waals surface area contributed by atoms with Crippen molar-refractivity contribution in [2.24, 2.45) is 5.10 Å². The van der Waals surface area contributed by atoms with Crippen molar-refractivity contribution in [3.63, 3.8) is 0 Å². The molecule has 0 N–H and O–H groups in total. The van der Waals surface area contributed by atoms with Gasteiger partial charge in [-0.3, -0.25) is 9.36 Å². The Hall–Kier alpha value is -4.36. The van der Waals surface area contributed by atoms with E-state index in [9.17, 15) is 4.79 Å². The van der Waals surface area contributed by atoms with Gasteiger partial charge in [-0.05, 0) is 55.8 Å². The first kappa shape index (κ1) is 21.2. The molecule has 0 aliphatic carbocycles. The van der Waals surface area contributed by atoms with Crippen molar-refractivity contribution in [1.29, 1.82) is 0 Å². The molecule has 0 saturated carbocycles. The van der Waals surface area contributed by atoms with E-state index in [0.717, 1.165) is 16.8 Å². The van der Waals surface area contributed by atoms with Gasteiger partial charge in [-0.15, -0.1) is 0 Å². The second-order valence-corrected chi connectivity index (χ2v) is 8.76. The normalized spacial score (nSPS) is 11.9. The van der Waals surface area contributed by atoms with Crippen LogP contribution in [0.25, 0.3) is 38.9 Å². The average Bonchev–Trinajstić information content (AvgIpc) is 3.15. The van der Waals surface area contributed by atoms with Gasteiger partial charge in [0.15, 0.2) is 11.3 Å². The Kier molecular flexibility index (Phi) is 4.93. The fourth-order valence-corrected chi connectivity index (χ4v) is 4.29. The highest BCUT2D eigenvalue weighted by Crippen LogP contribution is 2.26. The van der Waals surface area contributed by atoms with Crippen LogP contribution in [0.1, 0.15) is 17.0 Å². The van der Waals surface area contributed by atoms with Crippen LogP contribution in [0.4, 0.5) is 0 Å². The standard InChI is InChI=1S/C27H19ClN6O/c1-16-7-13-20(14-8-16)33-17(2)30-25-23(27(33)35)24-26(32-22-6-4-3-5-21(22)31-24)34(25)29-15-18-9-11-19(28)12-10-18/h3-15H,1-2H3. The summed E-state index contributed by atoms with van der Waals surface area (Å²) >= 11 is 6.02. The zero-order valence-corrected chi connectivity index (χ0v) is 19.7. The summed E-state index contributed by atoms with van der Waals surface area (Å²) in [5.74, 6) is 0.543. The Labute approximate surface area is 205 Å². The lowest BCUT2D eigenvalue weighted by atomic mass is 10.2. The van der Waals surface area contributed by atoms with E-state index in [4.69, 9.17) is 26.6 Å². The molecule has 0 aliphatic heterocycles. The van der Waals surface area contributed by atoms with Gasteiger partial charge < -0.3 is 0 Å². The molecule has 6 aromatic rings. The van der Waals surface area contributed by atoms with E-state index in [1.54, 1.807) is 27.6 Å². The van der Waals surface area contributed by atoms with Gasteiger partial charge >= 0.3 is 0 Å². The minimum Gasteiger partial charge on any atom is -0.268 e. The monoisotopic (exact) mass is 478 g/mol. The molecule has 6 rings (SSSR count). The van der Waals surface area contributed by atoms with E-state index in [1.165, 1.54) is 0 Å². The fraction of sp³-hybridized carbons (Fsp3) is 0.0741. The number of hydrogen-bond donors (Lipinski definition) is 0. The van der Waals surface area contributed by atoms with E-state index in [1.807, 2.05) is 74.5 Å². The molecular weight excluding hydrogens is 460 g/mol. The van der Waals surface area contributed by atoms with E-state index >= 15 is 0 Å². The van der Waals surface area contributed by atoms with Crippen LogP contribution in [0.15, 0.2) is 82.7 Å². The Morgan fingerprint density at radius 3 is 2.23 bits per heavy atom. The second-order valence-electron chi connectivity index (χ2n) is 8.33. The first-order valence-corrected chi connectivity index (χ1v) is 11.4. The second kappa shape index (κ2) is 8.14. The van der Waals surface area contributed by atoms with Crippen molar-refractivity contribution in [3.8, 4) is 5.69 Å². The van der Waals surface area contributed by atoms with E-state index < -0.39 is 0 Å². The van der Waals surface area contributed by atoms with Crippen LogP contribution in [-0.2, 0) is 0 Å². The van der Waals surface area contributed by atoms with Crippen molar-refractivity contribution in [1.82, 2.24) is 24.2 Å². The molecule has 0 saturated heterocycles. The quantitative estimate of drug-likeness (QED) is 0.317. The van der Waals surface area contributed by atoms with Crippen molar-refractivity contribution in [3.05, 3.63) is 105 Å². The number of halogens is 1. The maximum atomic E-state index is 13.9. The molecule has 0 bridgehead atoms. The molecule has 0 fully saturated rings. The lowest BCUT2D eigenvalue weighted by Crippen LogP contribution is -2.22. The summed E-state index contributed by atoms with van der Waals surface area (Å²) in [5.41, 5.74) is 5.23. The number of benzene rings is 3. The summed E-state index contributed by atoms with van der Waals surface area (Å²) in [5, 5.41) is 5.68. The lowest BCUT2D eigenvalue weighted by Gasteiger charge is -2.10. The SMILES string of the molecule is Cc1ccc(-n2c(C)nc3c(c2=O)c2nc4ccccc4nc2n3N=Cc2ccc(Cl)cc2)cc1. The van der Waals surface area contributed by atoms with Crippen LogP contribution in [0.3, 0.4) is 0 Å². The average molecular weight is 479 g/mol. The molecule has 3 aromatic heterocycles. The van der Waals surface area contributed by atoms with Crippen molar-refractivity contribution in [2.75, 3.05) is 0 Å². The van der Waals surface area contributed by atoms with Crippen LogP contribution in [-0.4, -0.2) is 30.4 Å². The number of aryl methyl sites for hydroxylation is 2. The van der Waals surface area contributed by atoms with Crippen molar-refractivity contribution >= 4 is 51.0 Å². The zero-order valence-electron chi connectivity index (χ0n) is 19.0. The van der Waals surface area contributed by atoms with E-state index in [0.29, 0.717) is 44.1 Å². The fourth-order valence-electron chi connectivity index (χ4n) is 4.16. The van der Waals surface area contributed by atoms with Gasteiger partial charge in [0, 0.05) is 5.02 Å². The molecule has 3 aromatic carbocycles. The Morgan fingerprint density at radius 2 is 1.51 bits per heavy atom. The summed E-state index contributed by atoms with van der Waals surface area (Å²) in [7, 11) is 0. The third-order valence-corrected chi connectivity index (χ3v) is 6.16. The molecular formula is C27H19ClN6O. The number of nitrogens with zero attached hydrogens (tertiary/aromatic N) is 6. The van der Waals surface area contributed by atoms with Crippen LogP contribution in [0, 0.1) is 13.8 Å². The van der Waals surface area contributed by atoms with Gasteiger partial charge in [-0.25, -0.2) is 15.0 Å². The van der Waals surface area contributed by atoms with Crippen molar-refractivity contribution in [2.45, 2.75) is 13.8 Å². The lowest BCUT2D eigenvalue weighted by molar-refractivity contribution is 0.865. The number of fused-ring (bicyclic) bond motifs is 4. The molecule has 3 heterocycles. The highest BCUT2D eigenvalue weighted by atomic mass is 35.5. The summed E-state index contributed by atoms with van der Waals surface area (Å²) < 4.78 is 3.19. The summed E-state index contributed by atoms with van der Waals surface area (Å²) in [6.45, 7) is 3.82. The molecule has 0 aliphatic rings. The molecule has 0 amide bonds. The van der Waals surface area contributed by atoms with Crippen LogP contribution >= 0.6 is 11.6 Å². The summed E-state index contributed by atoms with van der Waals surface area (Å²) in [6.07, 6.45) is 1.69. The van der Waals surface area contributed by atoms with Gasteiger partial charge in [0.1, 0.15) is 16.7 Å². The minimum atomic E-state index is -0.216. The van der Waals surface area contributed by atoms with E-state index in [-0.39, 0.29) is 5.56 Å². The molecule has 0 radical (unpaired) electrons. The first-order valence-electron chi connectivity index (χ1n) is 11.1.